The van der Waals surface area contributed by atoms with Crippen LogP contribution in [0.25, 0.3) is 0 Å². The molecule has 1 aromatic heterocycles. The normalized spacial score (nSPS) is 18.1. The first-order valence-corrected chi connectivity index (χ1v) is 7.05. The first kappa shape index (κ1) is 15.0. The lowest BCUT2D eigenvalue weighted by Gasteiger charge is -2.43. The van der Waals surface area contributed by atoms with Crippen LogP contribution in [0.15, 0.2) is 6.07 Å². The van der Waals surface area contributed by atoms with E-state index in [0.29, 0.717) is 25.6 Å². The van der Waals surface area contributed by atoms with E-state index in [9.17, 15) is 0 Å². The zero-order chi connectivity index (χ0) is 14.6. The van der Waals surface area contributed by atoms with Gasteiger partial charge in [0.25, 0.3) is 0 Å². The van der Waals surface area contributed by atoms with E-state index in [2.05, 4.69) is 34.0 Å². The van der Waals surface area contributed by atoms with Crippen LogP contribution in [0.3, 0.4) is 0 Å². The minimum absolute atomic E-state index is 0.0690. The summed E-state index contributed by atoms with van der Waals surface area (Å²) in [6, 6.07) is 1.97. The molecule has 0 aliphatic carbocycles. The van der Waals surface area contributed by atoms with Crippen molar-refractivity contribution in [3.63, 3.8) is 0 Å². The number of nitrogens with zero attached hydrogens (tertiary/aromatic N) is 3. The maximum atomic E-state index is 5.56. The number of hydrogen-bond donors (Lipinski definition) is 1. The monoisotopic (exact) mass is 280 g/mol. The number of anilines is 2. The number of aromatic nitrogens is 2. The molecule has 1 aliphatic rings. The van der Waals surface area contributed by atoms with Crippen molar-refractivity contribution in [2.45, 2.75) is 32.9 Å². The lowest BCUT2D eigenvalue weighted by Crippen LogP contribution is -2.53. The van der Waals surface area contributed by atoms with Crippen molar-refractivity contribution in [3.8, 4) is 0 Å². The van der Waals surface area contributed by atoms with E-state index >= 15 is 0 Å². The van der Waals surface area contributed by atoms with Gasteiger partial charge in [0.2, 0.25) is 0 Å². The van der Waals surface area contributed by atoms with Gasteiger partial charge >= 0.3 is 0 Å². The van der Waals surface area contributed by atoms with Crippen molar-refractivity contribution >= 4 is 11.6 Å². The molecule has 112 valence electrons. The Labute approximate surface area is 120 Å². The Morgan fingerprint density at radius 3 is 2.90 bits per heavy atom. The first-order chi connectivity index (χ1) is 9.56. The predicted octanol–water partition coefficient (Wildman–Crippen LogP) is 1.67. The Morgan fingerprint density at radius 2 is 2.25 bits per heavy atom. The minimum Gasteiger partial charge on any atom is -0.377 e. The molecule has 0 unspecified atom stereocenters. The molecule has 6 heteroatoms. The van der Waals surface area contributed by atoms with Gasteiger partial charge in [-0.05, 0) is 20.8 Å². The molecule has 0 amide bonds. The van der Waals surface area contributed by atoms with Crippen molar-refractivity contribution in [2.24, 2.45) is 0 Å². The Hall–Kier alpha value is -1.40. The van der Waals surface area contributed by atoms with Gasteiger partial charge in [0.05, 0.1) is 18.8 Å². The maximum Gasteiger partial charge on any atom is 0.158 e. The number of hydrogen-bond acceptors (Lipinski definition) is 6. The Morgan fingerprint density at radius 1 is 1.45 bits per heavy atom. The highest BCUT2D eigenvalue weighted by atomic mass is 16.5. The summed E-state index contributed by atoms with van der Waals surface area (Å²) >= 11 is 0. The Kier molecular flexibility index (Phi) is 4.77. The molecule has 0 atom stereocenters. The smallest absolute Gasteiger partial charge is 0.158 e. The molecule has 0 saturated carbocycles. The van der Waals surface area contributed by atoms with Gasteiger partial charge in [0.15, 0.2) is 5.82 Å². The molecule has 2 rings (SSSR count). The highest BCUT2D eigenvalue weighted by molar-refractivity contribution is 5.51. The molecule has 20 heavy (non-hydrogen) atoms. The Bertz CT molecular complexity index is 451. The molecule has 1 N–H and O–H groups in total. The van der Waals surface area contributed by atoms with Gasteiger partial charge < -0.3 is 19.7 Å². The van der Waals surface area contributed by atoms with E-state index in [4.69, 9.17) is 9.47 Å². The lowest BCUT2D eigenvalue weighted by molar-refractivity contribution is 0.0637. The molecule has 0 bridgehead atoms. The van der Waals surface area contributed by atoms with Gasteiger partial charge in [-0.15, -0.1) is 0 Å². The molecule has 0 radical (unpaired) electrons. The van der Waals surface area contributed by atoms with Crippen LogP contribution in [0.1, 0.15) is 26.6 Å². The van der Waals surface area contributed by atoms with Gasteiger partial charge in [-0.25, -0.2) is 9.97 Å². The van der Waals surface area contributed by atoms with E-state index in [1.807, 2.05) is 20.0 Å². The molecular formula is C14H24N4O2. The van der Waals surface area contributed by atoms with Crippen molar-refractivity contribution in [1.29, 1.82) is 0 Å². The second-order valence-corrected chi connectivity index (χ2v) is 5.43. The highest BCUT2D eigenvalue weighted by Crippen LogP contribution is 2.26. The second-order valence-electron chi connectivity index (χ2n) is 5.43. The van der Waals surface area contributed by atoms with Crippen molar-refractivity contribution < 1.29 is 9.47 Å². The standard InChI is InChI=1S/C14H24N4O2/c1-5-19-9-12-16-11(15-4)8-13(17-12)18-6-7-20-10-14(18,2)3/h8H,5-7,9-10H2,1-4H3,(H,15,16,17). The van der Waals surface area contributed by atoms with Crippen LogP contribution in [0.4, 0.5) is 11.6 Å². The van der Waals surface area contributed by atoms with Crippen LogP contribution in [-0.2, 0) is 16.1 Å². The summed E-state index contributed by atoms with van der Waals surface area (Å²) in [6.07, 6.45) is 0. The fourth-order valence-corrected chi connectivity index (χ4v) is 2.29. The van der Waals surface area contributed by atoms with E-state index < -0.39 is 0 Å². The Balaban J connectivity index is 2.29. The van der Waals surface area contributed by atoms with Crippen LogP contribution in [0, 0.1) is 0 Å². The third-order valence-corrected chi connectivity index (χ3v) is 3.37. The zero-order valence-electron chi connectivity index (χ0n) is 12.8. The lowest BCUT2D eigenvalue weighted by atomic mass is 10.0. The third-order valence-electron chi connectivity index (χ3n) is 3.37. The largest absolute Gasteiger partial charge is 0.377 e. The summed E-state index contributed by atoms with van der Waals surface area (Å²) in [6.45, 7) is 9.64. The van der Waals surface area contributed by atoms with E-state index in [-0.39, 0.29) is 5.54 Å². The molecule has 6 nitrogen and oxygen atoms in total. The van der Waals surface area contributed by atoms with Gasteiger partial charge in [0, 0.05) is 26.3 Å². The van der Waals surface area contributed by atoms with E-state index in [1.165, 1.54) is 0 Å². The van der Waals surface area contributed by atoms with Crippen LogP contribution in [-0.4, -0.2) is 48.9 Å². The third kappa shape index (κ3) is 3.37. The topological polar surface area (TPSA) is 59.5 Å². The van der Waals surface area contributed by atoms with Crippen LogP contribution >= 0.6 is 0 Å². The fourth-order valence-electron chi connectivity index (χ4n) is 2.29. The first-order valence-electron chi connectivity index (χ1n) is 7.05. The van der Waals surface area contributed by atoms with Gasteiger partial charge in [-0.1, -0.05) is 0 Å². The number of morpholine rings is 1. The molecule has 1 aromatic rings. The number of nitrogens with one attached hydrogen (secondary N) is 1. The summed E-state index contributed by atoms with van der Waals surface area (Å²) < 4.78 is 11.0. The van der Waals surface area contributed by atoms with E-state index in [1.54, 1.807) is 0 Å². The highest BCUT2D eigenvalue weighted by Gasteiger charge is 2.32. The summed E-state index contributed by atoms with van der Waals surface area (Å²) in [5.74, 6) is 2.44. The van der Waals surface area contributed by atoms with Crippen LogP contribution in [0.2, 0.25) is 0 Å². The van der Waals surface area contributed by atoms with Crippen molar-refractivity contribution in [1.82, 2.24) is 9.97 Å². The summed E-state index contributed by atoms with van der Waals surface area (Å²) in [5.41, 5.74) is -0.0690. The second kappa shape index (κ2) is 6.37. The van der Waals surface area contributed by atoms with Gasteiger partial charge in [-0.2, -0.15) is 0 Å². The molecular weight excluding hydrogens is 256 g/mol. The number of ether oxygens (including phenoxy) is 2. The molecule has 1 saturated heterocycles. The van der Waals surface area contributed by atoms with Gasteiger partial charge in [-0.3, -0.25) is 0 Å². The average molecular weight is 280 g/mol. The molecule has 0 aromatic carbocycles. The van der Waals surface area contributed by atoms with Crippen molar-refractivity contribution in [3.05, 3.63) is 11.9 Å². The zero-order valence-corrected chi connectivity index (χ0v) is 12.8. The number of rotatable bonds is 5. The molecule has 1 fully saturated rings. The average Bonchev–Trinajstić information content (AvgIpc) is 2.44. The van der Waals surface area contributed by atoms with Crippen LogP contribution < -0.4 is 10.2 Å². The minimum atomic E-state index is -0.0690. The summed E-state index contributed by atoms with van der Waals surface area (Å²) in [5, 5.41) is 3.09. The quantitative estimate of drug-likeness (QED) is 0.885. The molecule has 0 spiro atoms. The van der Waals surface area contributed by atoms with E-state index in [0.717, 1.165) is 24.8 Å². The predicted molar refractivity (Wildman–Crippen MR) is 79.2 cm³/mol. The molecule has 2 heterocycles. The summed E-state index contributed by atoms with van der Waals surface area (Å²) in [7, 11) is 1.86. The maximum absolute atomic E-state index is 5.56. The SMILES string of the molecule is CCOCc1nc(NC)cc(N2CCOCC2(C)C)n1. The van der Waals surface area contributed by atoms with Crippen LogP contribution in [0.5, 0.6) is 0 Å². The fraction of sp³-hybridized carbons (Fsp3) is 0.714. The summed E-state index contributed by atoms with van der Waals surface area (Å²) in [4.78, 5) is 11.3. The van der Waals surface area contributed by atoms with Crippen molar-refractivity contribution in [2.75, 3.05) is 43.6 Å². The van der Waals surface area contributed by atoms with Gasteiger partial charge in [0.1, 0.15) is 18.2 Å². The molecule has 1 aliphatic heterocycles.